The first kappa shape index (κ1) is 15.2. The molecule has 6 heteroatoms. The number of carboxylic acids is 1. The first-order chi connectivity index (χ1) is 8.32. The van der Waals surface area contributed by atoms with Crippen molar-refractivity contribution in [3.8, 4) is 0 Å². The van der Waals surface area contributed by atoms with E-state index in [-0.39, 0.29) is 6.04 Å². The summed E-state index contributed by atoms with van der Waals surface area (Å²) < 4.78 is 2.84. The summed E-state index contributed by atoms with van der Waals surface area (Å²) in [4.78, 5) is 11.1. The molecule has 1 aromatic heterocycles. The Labute approximate surface area is 116 Å². The molecule has 5 nitrogen and oxygen atoms in total. The zero-order valence-electron chi connectivity index (χ0n) is 11.2. The van der Waals surface area contributed by atoms with Crippen LogP contribution in [0, 0.1) is 13.8 Å². The van der Waals surface area contributed by atoms with Crippen molar-refractivity contribution in [1.82, 2.24) is 15.1 Å². The fourth-order valence-electron chi connectivity index (χ4n) is 1.82. The lowest BCUT2D eigenvalue weighted by molar-refractivity contribution is -0.139. The molecule has 0 amide bonds. The third-order valence-electron chi connectivity index (χ3n) is 2.76. The van der Waals surface area contributed by atoms with Crippen LogP contribution in [0.2, 0.25) is 0 Å². The van der Waals surface area contributed by atoms with Gasteiger partial charge in [-0.3, -0.25) is 9.48 Å². The highest BCUT2D eigenvalue weighted by atomic mass is 79.9. The second kappa shape index (κ2) is 6.33. The average molecular weight is 318 g/mol. The summed E-state index contributed by atoms with van der Waals surface area (Å²) in [6.45, 7) is 8.37. The molecule has 2 N–H and O–H groups in total. The fourth-order valence-corrected chi connectivity index (χ4v) is 2.11. The Morgan fingerprint density at radius 2 is 2.11 bits per heavy atom. The molecule has 0 spiro atoms. The van der Waals surface area contributed by atoms with E-state index in [0.717, 1.165) is 15.9 Å². The third-order valence-corrected chi connectivity index (χ3v) is 3.90. The summed E-state index contributed by atoms with van der Waals surface area (Å²) in [5.74, 6) is -0.815. The van der Waals surface area contributed by atoms with Crippen LogP contribution in [0.1, 0.15) is 31.7 Å². The van der Waals surface area contributed by atoms with Crippen molar-refractivity contribution in [2.24, 2.45) is 0 Å². The average Bonchev–Trinajstić information content (AvgIpc) is 2.51. The molecule has 0 aliphatic rings. The van der Waals surface area contributed by atoms with E-state index in [1.807, 2.05) is 32.4 Å². The molecule has 1 heterocycles. The zero-order chi connectivity index (χ0) is 13.9. The molecule has 102 valence electrons. The molecule has 0 radical (unpaired) electrons. The van der Waals surface area contributed by atoms with Crippen LogP contribution in [0.5, 0.6) is 0 Å². The molecule has 0 saturated carbocycles. The summed E-state index contributed by atoms with van der Waals surface area (Å²) in [5, 5.41) is 16.5. The smallest absolute Gasteiger partial charge is 0.320 e. The van der Waals surface area contributed by atoms with Gasteiger partial charge < -0.3 is 10.4 Å². The molecule has 0 aliphatic heterocycles. The maximum atomic E-state index is 11.1. The molecule has 1 rings (SSSR count). The van der Waals surface area contributed by atoms with Gasteiger partial charge in [-0.2, -0.15) is 5.10 Å². The van der Waals surface area contributed by atoms with Gasteiger partial charge in [-0.15, -0.1) is 0 Å². The predicted molar refractivity (Wildman–Crippen MR) is 73.7 cm³/mol. The van der Waals surface area contributed by atoms with Crippen LogP contribution in [-0.2, 0) is 11.3 Å². The van der Waals surface area contributed by atoms with E-state index in [2.05, 4.69) is 26.3 Å². The van der Waals surface area contributed by atoms with Gasteiger partial charge in [0.15, 0.2) is 0 Å². The Hall–Kier alpha value is -0.880. The van der Waals surface area contributed by atoms with Crippen LogP contribution in [0.3, 0.4) is 0 Å². The van der Waals surface area contributed by atoms with E-state index in [0.29, 0.717) is 13.0 Å². The summed E-state index contributed by atoms with van der Waals surface area (Å²) in [5.41, 5.74) is 1.96. The highest BCUT2D eigenvalue weighted by Gasteiger charge is 2.19. The number of nitrogens with zero attached hydrogens (tertiary/aromatic N) is 2. The van der Waals surface area contributed by atoms with E-state index in [1.54, 1.807) is 0 Å². The Morgan fingerprint density at radius 3 is 2.50 bits per heavy atom. The second-order valence-electron chi connectivity index (χ2n) is 4.71. The molecule has 18 heavy (non-hydrogen) atoms. The van der Waals surface area contributed by atoms with Crippen LogP contribution >= 0.6 is 15.9 Å². The SMILES string of the molecule is Cc1nn(CCC(NC(C)C)C(=O)O)c(C)c1Br. The summed E-state index contributed by atoms with van der Waals surface area (Å²) in [7, 11) is 0. The Morgan fingerprint density at radius 1 is 1.50 bits per heavy atom. The minimum absolute atomic E-state index is 0.151. The van der Waals surface area contributed by atoms with E-state index in [4.69, 9.17) is 5.11 Å². The van der Waals surface area contributed by atoms with Crippen molar-refractivity contribution >= 4 is 21.9 Å². The van der Waals surface area contributed by atoms with Gasteiger partial charge in [0.2, 0.25) is 0 Å². The van der Waals surface area contributed by atoms with Gasteiger partial charge in [0.1, 0.15) is 6.04 Å². The van der Waals surface area contributed by atoms with Gasteiger partial charge in [0, 0.05) is 18.3 Å². The van der Waals surface area contributed by atoms with Gasteiger partial charge in [0.25, 0.3) is 0 Å². The molecule has 0 aliphatic carbocycles. The van der Waals surface area contributed by atoms with Gasteiger partial charge in [0.05, 0.1) is 10.2 Å². The summed E-state index contributed by atoms with van der Waals surface area (Å²) in [6, 6.07) is -0.383. The molecule has 1 aromatic rings. The molecule has 1 unspecified atom stereocenters. The number of nitrogens with one attached hydrogen (secondary N) is 1. The van der Waals surface area contributed by atoms with Crippen molar-refractivity contribution in [3.05, 3.63) is 15.9 Å². The van der Waals surface area contributed by atoms with Gasteiger partial charge in [-0.05, 0) is 36.2 Å². The molecule has 0 saturated heterocycles. The van der Waals surface area contributed by atoms with E-state index in [9.17, 15) is 4.79 Å². The van der Waals surface area contributed by atoms with Crippen molar-refractivity contribution < 1.29 is 9.90 Å². The van der Waals surface area contributed by atoms with Gasteiger partial charge >= 0.3 is 5.97 Å². The predicted octanol–water partition coefficient (Wildman–Crippen LogP) is 2.10. The third kappa shape index (κ3) is 3.81. The maximum absolute atomic E-state index is 11.1. The van der Waals surface area contributed by atoms with Crippen LogP contribution in [-0.4, -0.2) is 32.9 Å². The molecular weight excluding hydrogens is 298 g/mol. The second-order valence-corrected chi connectivity index (χ2v) is 5.50. The summed E-state index contributed by atoms with van der Waals surface area (Å²) >= 11 is 3.46. The normalized spacial score (nSPS) is 13.0. The number of aromatic nitrogens is 2. The standard InChI is InChI=1S/C12H20BrN3O2/c1-7(2)14-10(12(17)18)5-6-16-9(4)11(13)8(3)15-16/h7,10,14H,5-6H2,1-4H3,(H,17,18). The van der Waals surface area contributed by atoms with E-state index >= 15 is 0 Å². The van der Waals surface area contributed by atoms with E-state index in [1.165, 1.54) is 0 Å². The highest BCUT2D eigenvalue weighted by Crippen LogP contribution is 2.20. The molecule has 0 aromatic carbocycles. The van der Waals surface area contributed by atoms with Crippen molar-refractivity contribution in [1.29, 1.82) is 0 Å². The number of carbonyl (C=O) groups is 1. The molecule has 0 fully saturated rings. The Bertz CT molecular complexity index is 429. The molecular formula is C12H20BrN3O2. The zero-order valence-corrected chi connectivity index (χ0v) is 12.8. The van der Waals surface area contributed by atoms with Gasteiger partial charge in [-0.25, -0.2) is 0 Å². The van der Waals surface area contributed by atoms with Crippen LogP contribution < -0.4 is 5.32 Å². The monoisotopic (exact) mass is 317 g/mol. The maximum Gasteiger partial charge on any atom is 0.320 e. The van der Waals surface area contributed by atoms with Crippen LogP contribution in [0.15, 0.2) is 4.47 Å². The number of halogens is 1. The number of carboxylic acid groups (broad SMARTS) is 1. The molecule has 1 atom stereocenters. The summed E-state index contributed by atoms with van der Waals surface area (Å²) in [6.07, 6.45) is 0.516. The van der Waals surface area contributed by atoms with Crippen LogP contribution in [0.4, 0.5) is 0 Å². The number of hydrogen-bond donors (Lipinski definition) is 2. The largest absolute Gasteiger partial charge is 0.480 e. The Kier molecular flexibility index (Phi) is 5.34. The Balaban J connectivity index is 2.67. The fraction of sp³-hybridized carbons (Fsp3) is 0.667. The van der Waals surface area contributed by atoms with Crippen molar-refractivity contribution in [2.45, 2.75) is 52.7 Å². The van der Waals surface area contributed by atoms with Crippen LogP contribution in [0.25, 0.3) is 0 Å². The first-order valence-corrected chi connectivity index (χ1v) is 6.80. The number of hydrogen-bond acceptors (Lipinski definition) is 3. The molecule has 0 bridgehead atoms. The lowest BCUT2D eigenvalue weighted by atomic mass is 10.2. The van der Waals surface area contributed by atoms with Crippen molar-refractivity contribution in [3.63, 3.8) is 0 Å². The van der Waals surface area contributed by atoms with Gasteiger partial charge in [-0.1, -0.05) is 13.8 Å². The number of rotatable bonds is 6. The number of aliphatic carboxylic acids is 1. The number of aryl methyl sites for hydroxylation is 2. The minimum Gasteiger partial charge on any atom is -0.480 e. The first-order valence-electron chi connectivity index (χ1n) is 6.01. The van der Waals surface area contributed by atoms with E-state index < -0.39 is 12.0 Å². The quantitative estimate of drug-likeness (QED) is 0.843. The topological polar surface area (TPSA) is 67.2 Å². The lowest BCUT2D eigenvalue weighted by Crippen LogP contribution is -2.41. The lowest BCUT2D eigenvalue weighted by Gasteiger charge is -2.17. The highest BCUT2D eigenvalue weighted by molar-refractivity contribution is 9.10. The minimum atomic E-state index is -0.815. The van der Waals surface area contributed by atoms with Crippen molar-refractivity contribution in [2.75, 3.05) is 0 Å².